The lowest BCUT2D eigenvalue weighted by atomic mass is 10.1. The van der Waals surface area contributed by atoms with Crippen LogP contribution in [0.1, 0.15) is 20.7 Å². The van der Waals surface area contributed by atoms with E-state index in [0.717, 1.165) is 18.2 Å². The molecule has 0 radical (unpaired) electrons. The SMILES string of the molecule is O=C(Cl)c1cccc(NC(=O)c2c(F)cccc2F)c1. The van der Waals surface area contributed by atoms with Crippen LogP contribution in [0.4, 0.5) is 14.5 Å². The van der Waals surface area contributed by atoms with Crippen molar-refractivity contribution in [1.29, 1.82) is 0 Å². The van der Waals surface area contributed by atoms with E-state index in [1.807, 2.05) is 0 Å². The van der Waals surface area contributed by atoms with Crippen molar-refractivity contribution in [1.82, 2.24) is 0 Å². The highest BCUT2D eigenvalue weighted by atomic mass is 35.5. The number of rotatable bonds is 3. The first-order valence-electron chi connectivity index (χ1n) is 5.54. The number of hydrogen-bond donors (Lipinski definition) is 1. The third-order valence-corrected chi connectivity index (χ3v) is 2.76. The lowest BCUT2D eigenvalue weighted by molar-refractivity contribution is 0.101. The molecule has 0 atom stereocenters. The van der Waals surface area contributed by atoms with Crippen molar-refractivity contribution in [3.63, 3.8) is 0 Å². The molecule has 3 nitrogen and oxygen atoms in total. The number of carbonyl (C=O) groups is 2. The quantitative estimate of drug-likeness (QED) is 0.880. The third-order valence-electron chi connectivity index (χ3n) is 2.54. The Morgan fingerprint density at radius 1 is 1.00 bits per heavy atom. The second-order valence-electron chi connectivity index (χ2n) is 3.91. The number of nitrogens with one attached hydrogen (secondary N) is 1. The molecule has 2 rings (SSSR count). The minimum atomic E-state index is -0.966. The van der Waals surface area contributed by atoms with E-state index < -0.39 is 28.3 Å². The van der Waals surface area contributed by atoms with Gasteiger partial charge in [0.15, 0.2) is 0 Å². The maximum Gasteiger partial charge on any atom is 0.261 e. The van der Waals surface area contributed by atoms with Gasteiger partial charge in [0.25, 0.3) is 11.1 Å². The number of carbonyl (C=O) groups excluding carboxylic acids is 2. The van der Waals surface area contributed by atoms with Crippen LogP contribution in [0.5, 0.6) is 0 Å². The Morgan fingerprint density at radius 3 is 2.20 bits per heavy atom. The summed E-state index contributed by atoms with van der Waals surface area (Å²) < 4.78 is 26.9. The molecule has 1 N–H and O–H groups in total. The Hall–Kier alpha value is -2.27. The van der Waals surface area contributed by atoms with Gasteiger partial charge in [-0.15, -0.1) is 0 Å². The van der Waals surface area contributed by atoms with Crippen molar-refractivity contribution < 1.29 is 18.4 Å². The first-order valence-corrected chi connectivity index (χ1v) is 5.92. The summed E-state index contributed by atoms with van der Waals surface area (Å²) in [5.41, 5.74) is -0.308. The molecule has 20 heavy (non-hydrogen) atoms. The van der Waals surface area contributed by atoms with Crippen molar-refractivity contribution in [2.45, 2.75) is 0 Å². The minimum Gasteiger partial charge on any atom is -0.322 e. The van der Waals surface area contributed by atoms with Crippen LogP contribution in [-0.4, -0.2) is 11.1 Å². The molecular weight excluding hydrogens is 288 g/mol. The van der Waals surface area contributed by atoms with Crippen LogP contribution in [0.25, 0.3) is 0 Å². The summed E-state index contributed by atoms with van der Waals surface area (Å²) in [5.74, 6) is -2.88. The van der Waals surface area contributed by atoms with Gasteiger partial charge in [-0.2, -0.15) is 0 Å². The zero-order valence-corrected chi connectivity index (χ0v) is 10.7. The third kappa shape index (κ3) is 3.00. The lowest BCUT2D eigenvalue weighted by Gasteiger charge is -2.07. The first kappa shape index (κ1) is 14.1. The zero-order chi connectivity index (χ0) is 14.7. The van der Waals surface area contributed by atoms with Gasteiger partial charge in [0.2, 0.25) is 0 Å². The molecule has 0 heterocycles. The van der Waals surface area contributed by atoms with Crippen LogP contribution >= 0.6 is 11.6 Å². The molecule has 0 aromatic heterocycles. The summed E-state index contributed by atoms with van der Waals surface area (Å²) in [6.07, 6.45) is 0. The number of amides is 1. The molecule has 0 aliphatic heterocycles. The highest BCUT2D eigenvalue weighted by Gasteiger charge is 2.17. The Labute approximate surface area is 118 Å². The lowest BCUT2D eigenvalue weighted by Crippen LogP contribution is -2.16. The van der Waals surface area contributed by atoms with Crippen LogP contribution in [0.3, 0.4) is 0 Å². The monoisotopic (exact) mass is 295 g/mol. The molecule has 2 aromatic rings. The molecule has 0 fully saturated rings. The van der Waals surface area contributed by atoms with Gasteiger partial charge in [-0.3, -0.25) is 9.59 Å². The first-order chi connectivity index (χ1) is 9.49. The number of hydrogen-bond acceptors (Lipinski definition) is 2. The van der Waals surface area contributed by atoms with Crippen molar-refractivity contribution in [3.05, 3.63) is 65.2 Å². The zero-order valence-electron chi connectivity index (χ0n) is 9.99. The van der Waals surface area contributed by atoms with Crippen LogP contribution in [0.2, 0.25) is 0 Å². The van der Waals surface area contributed by atoms with E-state index in [0.29, 0.717) is 0 Å². The second kappa shape index (κ2) is 5.79. The molecule has 2 aromatic carbocycles. The summed E-state index contributed by atoms with van der Waals surface area (Å²) in [6.45, 7) is 0. The van der Waals surface area contributed by atoms with Crippen LogP contribution in [0, 0.1) is 11.6 Å². The summed E-state index contributed by atoms with van der Waals surface area (Å²) in [6, 6.07) is 8.85. The van der Waals surface area contributed by atoms with Crippen LogP contribution in [0.15, 0.2) is 42.5 Å². The number of benzene rings is 2. The van der Waals surface area contributed by atoms with Gasteiger partial charge in [-0.25, -0.2) is 8.78 Å². The molecule has 102 valence electrons. The average molecular weight is 296 g/mol. The highest BCUT2D eigenvalue weighted by molar-refractivity contribution is 6.67. The largest absolute Gasteiger partial charge is 0.322 e. The molecule has 6 heteroatoms. The molecule has 0 bridgehead atoms. The maximum absolute atomic E-state index is 13.4. The second-order valence-corrected chi connectivity index (χ2v) is 4.25. The fourth-order valence-corrected chi connectivity index (χ4v) is 1.75. The van der Waals surface area contributed by atoms with Crippen molar-refractivity contribution in [2.24, 2.45) is 0 Å². The fraction of sp³-hybridized carbons (Fsp3) is 0. The standard InChI is InChI=1S/C14H8ClF2NO2/c15-13(19)8-3-1-4-9(7-8)18-14(20)12-10(16)5-2-6-11(12)17/h1-7H,(H,18,20). The fourth-order valence-electron chi connectivity index (χ4n) is 1.63. The Morgan fingerprint density at radius 2 is 1.60 bits per heavy atom. The number of anilines is 1. The van der Waals surface area contributed by atoms with Crippen LogP contribution in [-0.2, 0) is 0 Å². The summed E-state index contributed by atoms with van der Waals surface area (Å²) >= 11 is 5.31. The Balaban J connectivity index is 2.28. The normalized spacial score (nSPS) is 10.2. The van der Waals surface area contributed by atoms with Gasteiger partial charge >= 0.3 is 0 Å². The summed E-state index contributed by atoms with van der Waals surface area (Å²) in [4.78, 5) is 22.8. The van der Waals surface area contributed by atoms with Crippen LogP contribution < -0.4 is 5.32 Å². The Bertz CT molecular complexity index is 668. The van der Waals surface area contributed by atoms with E-state index in [-0.39, 0.29) is 11.3 Å². The number of halogens is 3. The predicted octanol–water partition coefficient (Wildman–Crippen LogP) is 3.60. The molecule has 0 spiro atoms. The van der Waals surface area contributed by atoms with Crippen molar-refractivity contribution in [3.8, 4) is 0 Å². The molecule has 0 aliphatic rings. The maximum atomic E-state index is 13.4. The molecular formula is C14H8ClF2NO2. The van der Waals surface area contributed by atoms with Crippen molar-refractivity contribution in [2.75, 3.05) is 5.32 Å². The van der Waals surface area contributed by atoms with Gasteiger partial charge < -0.3 is 5.32 Å². The smallest absolute Gasteiger partial charge is 0.261 e. The molecule has 1 amide bonds. The topological polar surface area (TPSA) is 46.2 Å². The highest BCUT2D eigenvalue weighted by Crippen LogP contribution is 2.17. The van der Waals surface area contributed by atoms with Gasteiger partial charge in [0.1, 0.15) is 17.2 Å². The summed E-state index contributed by atoms with van der Waals surface area (Å²) in [7, 11) is 0. The predicted molar refractivity (Wildman–Crippen MR) is 70.9 cm³/mol. The molecule has 0 saturated carbocycles. The van der Waals surface area contributed by atoms with E-state index in [1.54, 1.807) is 0 Å². The molecule has 0 aliphatic carbocycles. The molecule has 0 unspecified atom stereocenters. The average Bonchev–Trinajstić information content (AvgIpc) is 2.38. The van der Waals surface area contributed by atoms with Crippen molar-refractivity contribution >= 4 is 28.4 Å². The van der Waals surface area contributed by atoms with E-state index in [4.69, 9.17) is 11.6 Å². The van der Waals surface area contributed by atoms with E-state index in [1.165, 1.54) is 24.3 Å². The Kier molecular flexibility index (Phi) is 4.10. The van der Waals surface area contributed by atoms with E-state index in [2.05, 4.69) is 5.32 Å². The summed E-state index contributed by atoms with van der Waals surface area (Å²) in [5, 5.41) is 1.61. The molecule has 0 saturated heterocycles. The van der Waals surface area contributed by atoms with Gasteiger partial charge in [0.05, 0.1) is 0 Å². The van der Waals surface area contributed by atoms with Gasteiger partial charge in [-0.05, 0) is 41.9 Å². The minimum absolute atomic E-state index is 0.165. The van der Waals surface area contributed by atoms with Gasteiger partial charge in [-0.1, -0.05) is 12.1 Å². The van der Waals surface area contributed by atoms with E-state index in [9.17, 15) is 18.4 Å². The van der Waals surface area contributed by atoms with E-state index >= 15 is 0 Å². The van der Waals surface area contributed by atoms with Gasteiger partial charge in [0, 0.05) is 11.3 Å².